The van der Waals surface area contributed by atoms with Gasteiger partial charge < -0.3 is 4.74 Å². The smallest absolute Gasteiger partial charge is 0.373 e. The molecule has 0 aromatic heterocycles. The highest BCUT2D eigenvalue weighted by Crippen LogP contribution is 2.42. The van der Waals surface area contributed by atoms with Gasteiger partial charge in [-0.1, -0.05) is 32.6 Å². The Morgan fingerprint density at radius 2 is 1.60 bits per heavy atom. The van der Waals surface area contributed by atoms with Crippen LogP contribution >= 0.6 is 0 Å². The molecule has 168 valence electrons. The maximum absolute atomic E-state index is 14.2. The molecule has 2 atom stereocenters. The molecule has 0 N–H and O–H groups in total. The highest BCUT2D eigenvalue weighted by atomic mass is 19.4. The minimum absolute atomic E-state index is 0.193. The molecule has 7 heteroatoms. The van der Waals surface area contributed by atoms with Crippen molar-refractivity contribution in [2.45, 2.75) is 70.6 Å². The van der Waals surface area contributed by atoms with Gasteiger partial charge >= 0.3 is 6.18 Å². The van der Waals surface area contributed by atoms with Gasteiger partial charge in [-0.15, -0.1) is 0 Å². The summed E-state index contributed by atoms with van der Waals surface area (Å²) < 4.78 is 84.9. The Morgan fingerprint density at radius 1 is 1.00 bits per heavy atom. The van der Waals surface area contributed by atoms with Crippen LogP contribution in [0.3, 0.4) is 0 Å². The lowest BCUT2D eigenvalue weighted by molar-refractivity contribution is -0.0798. The molecule has 1 aromatic rings. The van der Waals surface area contributed by atoms with Gasteiger partial charge in [0.05, 0.1) is 24.4 Å². The topological polar surface area (TPSA) is 9.23 Å². The molecule has 1 saturated heterocycles. The molecule has 0 radical (unpaired) electrons. The van der Waals surface area contributed by atoms with E-state index in [1.54, 1.807) is 0 Å². The van der Waals surface area contributed by atoms with E-state index in [1.807, 2.05) is 0 Å². The number of alkyl halides is 3. The fraction of sp³-hybridized carbons (Fsp3) is 0.652. The summed E-state index contributed by atoms with van der Waals surface area (Å²) in [6.07, 6.45) is 2.53. The van der Waals surface area contributed by atoms with Crippen molar-refractivity contribution in [1.29, 1.82) is 0 Å². The highest BCUT2D eigenvalue weighted by Gasteiger charge is 2.33. The van der Waals surface area contributed by atoms with Crippen molar-refractivity contribution in [3.8, 4) is 0 Å². The van der Waals surface area contributed by atoms with Gasteiger partial charge in [0.25, 0.3) is 0 Å². The third-order valence-corrected chi connectivity index (χ3v) is 6.53. The minimum atomic E-state index is -5.00. The quantitative estimate of drug-likeness (QED) is 0.428. The second-order valence-corrected chi connectivity index (χ2v) is 8.62. The van der Waals surface area contributed by atoms with Gasteiger partial charge in [-0.3, -0.25) is 0 Å². The number of hydrogen-bond donors (Lipinski definition) is 0. The molecule has 1 aliphatic carbocycles. The number of rotatable bonds is 5. The summed E-state index contributed by atoms with van der Waals surface area (Å²) in [6, 6.07) is 1.76. The van der Waals surface area contributed by atoms with Crippen LogP contribution in [-0.2, 0) is 4.74 Å². The zero-order chi connectivity index (χ0) is 21.9. The van der Waals surface area contributed by atoms with Crippen molar-refractivity contribution < 1.29 is 31.1 Å². The number of allylic oxidation sites excluding steroid dienone is 1. The number of ether oxygens (including phenoxy) is 1. The van der Waals surface area contributed by atoms with Gasteiger partial charge in [-0.25, -0.2) is 13.2 Å². The number of hydrogen-bond acceptors (Lipinski definition) is 1. The molecule has 30 heavy (non-hydrogen) atoms. The van der Waals surface area contributed by atoms with Crippen molar-refractivity contribution in [2.24, 2.45) is 17.8 Å². The van der Waals surface area contributed by atoms with Gasteiger partial charge in [0.15, 0.2) is 0 Å². The Hall–Kier alpha value is -1.50. The van der Waals surface area contributed by atoms with Crippen molar-refractivity contribution in [1.82, 2.24) is 0 Å². The lowest BCUT2D eigenvalue weighted by atomic mass is 9.73. The molecule has 0 amide bonds. The molecule has 2 fully saturated rings. The normalized spacial score (nSPS) is 28.6. The third-order valence-electron chi connectivity index (χ3n) is 6.53. The Kier molecular flexibility index (Phi) is 7.53. The van der Waals surface area contributed by atoms with Crippen LogP contribution in [0.1, 0.15) is 75.5 Å². The lowest BCUT2D eigenvalue weighted by Crippen LogP contribution is -2.29. The summed E-state index contributed by atoms with van der Waals surface area (Å²) in [4.78, 5) is 0. The first kappa shape index (κ1) is 23.2. The summed E-state index contributed by atoms with van der Waals surface area (Å²) in [6.45, 7) is 2.71. The van der Waals surface area contributed by atoms with E-state index < -0.39 is 41.4 Å². The van der Waals surface area contributed by atoms with E-state index in [0.717, 1.165) is 24.5 Å². The van der Waals surface area contributed by atoms with E-state index in [0.29, 0.717) is 24.9 Å². The SMILES string of the molecule is CCCC1CCC(C2CCC(c3cc(F)c(/C(F)=C/C(F)(F)F)c(F)c3)OC2)CC1. The van der Waals surface area contributed by atoms with Crippen molar-refractivity contribution in [2.75, 3.05) is 6.61 Å². The van der Waals surface area contributed by atoms with Crippen LogP contribution in [0.15, 0.2) is 18.2 Å². The first-order valence-electron chi connectivity index (χ1n) is 10.7. The monoisotopic (exact) mass is 434 g/mol. The van der Waals surface area contributed by atoms with Crippen molar-refractivity contribution in [3.63, 3.8) is 0 Å². The molecule has 1 aliphatic heterocycles. The Bertz CT molecular complexity index is 718. The van der Waals surface area contributed by atoms with E-state index in [-0.39, 0.29) is 5.56 Å². The standard InChI is InChI=1S/C23H28F6O/c1-2-3-14-4-6-15(7-5-14)16-8-9-21(30-13-16)17-10-18(24)22(19(25)11-17)20(26)12-23(27,28)29/h10-12,14-16,21H,2-9,13H2,1H3/b20-12-. The summed E-state index contributed by atoms with van der Waals surface area (Å²) in [5.74, 6) is -2.85. The lowest BCUT2D eigenvalue weighted by Gasteiger charge is -2.38. The van der Waals surface area contributed by atoms with Gasteiger partial charge in [0.1, 0.15) is 17.5 Å². The maximum Gasteiger partial charge on any atom is 0.412 e. The number of benzene rings is 1. The molecule has 2 aliphatic rings. The second kappa shape index (κ2) is 9.75. The Morgan fingerprint density at radius 3 is 2.10 bits per heavy atom. The molecule has 0 bridgehead atoms. The summed E-state index contributed by atoms with van der Waals surface area (Å²) >= 11 is 0. The van der Waals surface area contributed by atoms with Gasteiger partial charge in [-0.05, 0) is 61.1 Å². The predicted molar refractivity (Wildman–Crippen MR) is 103 cm³/mol. The molecule has 0 spiro atoms. The molecule has 1 heterocycles. The Balaban J connectivity index is 1.62. The predicted octanol–water partition coefficient (Wildman–Crippen LogP) is 7.91. The third kappa shape index (κ3) is 5.80. The second-order valence-electron chi connectivity index (χ2n) is 8.62. The fourth-order valence-electron chi connectivity index (χ4n) is 4.99. The minimum Gasteiger partial charge on any atom is -0.373 e. The van der Waals surface area contributed by atoms with E-state index >= 15 is 0 Å². The average molecular weight is 434 g/mol. The molecule has 1 aromatic carbocycles. The van der Waals surface area contributed by atoms with Crippen molar-refractivity contribution >= 4 is 5.83 Å². The van der Waals surface area contributed by atoms with Crippen LogP contribution in [0.25, 0.3) is 5.83 Å². The first-order valence-corrected chi connectivity index (χ1v) is 10.7. The van der Waals surface area contributed by atoms with Crippen LogP contribution in [0.5, 0.6) is 0 Å². The molecular formula is C23H28F6O. The van der Waals surface area contributed by atoms with Gasteiger partial charge in [0, 0.05) is 0 Å². The van der Waals surface area contributed by atoms with E-state index in [2.05, 4.69) is 6.92 Å². The largest absolute Gasteiger partial charge is 0.412 e. The van der Waals surface area contributed by atoms with Crippen molar-refractivity contribution in [3.05, 3.63) is 41.0 Å². The highest BCUT2D eigenvalue weighted by molar-refractivity contribution is 5.61. The number of halogens is 6. The first-order chi connectivity index (χ1) is 14.2. The van der Waals surface area contributed by atoms with Crippen LogP contribution in [0.4, 0.5) is 26.3 Å². The maximum atomic E-state index is 14.2. The fourth-order valence-corrected chi connectivity index (χ4v) is 4.99. The van der Waals surface area contributed by atoms with E-state index in [4.69, 9.17) is 4.74 Å². The summed E-state index contributed by atoms with van der Waals surface area (Å²) in [7, 11) is 0. The zero-order valence-electron chi connectivity index (χ0n) is 17.1. The van der Waals surface area contributed by atoms with Gasteiger partial charge in [0.2, 0.25) is 0 Å². The molecule has 3 rings (SSSR count). The zero-order valence-corrected chi connectivity index (χ0v) is 17.1. The molecule has 2 unspecified atom stereocenters. The van der Waals surface area contributed by atoms with E-state index in [1.165, 1.54) is 38.5 Å². The Labute approximate surface area is 173 Å². The summed E-state index contributed by atoms with van der Waals surface area (Å²) in [5.41, 5.74) is -1.10. The van der Waals surface area contributed by atoms with Gasteiger partial charge in [-0.2, -0.15) is 13.2 Å². The van der Waals surface area contributed by atoms with Crippen LogP contribution in [-0.4, -0.2) is 12.8 Å². The van der Waals surface area contributed by atoms with Crippen LogP contribution in [0.2, 0.25) is 0 Å². The van der Waals surface area contributed by atoms with Crippen LogP contribution < -0.4 is 0 Å². The summed E-state index contributed by atoms with van der Waals surface area (Å²) in [5, 5.41) is 0. The molecular weight excluding hydrogens is 406 g/mol. The van der Waals surface area contributed by atoms with Crippen LogP contribution in [0, 0.1) is 29.4 Å². The molecule has 1 saturated carbocycles. The molecule has 1 nitrogen and oxygen atoms in total. The average Bonchev–Trinajstić information content (AvgIpc) is 2.67. The van der Waals surface area contributed by atoms with E-state index in [9.17, 15) is 26.3 Å².